The molecule has 2 N–H and O–H groups in total. The Labute approximate surface area is 196 Å². The van der Waals surface area contributed by atoms with Gasteiger partial charge in [-0.3, -0.25) is 14.3 Å². The number of aromatic nitrogens is 4. The van der Waals surface area contributed by atoms with Crippen LogP contribution in [0.5, 0.6) is 5.75 Å². The van der Waals surface area contributed by atoms with Crippen molar-refractivity contribution in [1.82, 2.24) is 24.6 Å². The topological polar surface area (TPSA) is 114 Å². The van der Waals surface area contributed by atoms with Gasteiger partial charge in [-0.25, -0.2) is 9.97 Å². The molecule has 0 aliphatic rings. The van der Waals surface area contributed by atoms with Crippen molar-refractivity contribution in [2.75, 3.05) is 37.4 Å². The minimum Gasteiger partial charge on any atom is -0.492 e. The third-order valence-corrected chi connectivity index (χ3v) is 4.93. The first-order valence-corrected chi connectivity index (χ1v) is 10.7. The average Bonchev–Trinajstić information content (AvgIpc) is 3.22. The van der Waals surface area contributed by atoms with Crippen molar-refractivity contribution >= 4 is 34.9 Å². The highest BCUT2D eigenvalue weighted by molar-refractivity contribution is 6.31. The maximum atomic E-state index is 12.4. The van der Waals surface area contributed by atoms with E-state index in [1.54, 1.807) is 18.1 Å². The van der Waals surface area contributed by atoms with Crippen LogP contribution in [-0.2, 0) is 16.1 Å². The zero-order valence-electron chi connectivity index (χ0n) is 18.5. The van der Waals surface area contributed by atoms with Crippen molar-refractivity contribution in [3.63, 3.8) is 0 Å². The van der Waals surface area contributed by atoms with Gasteiger partial charge in [-0.05, 0) is 19.1 Å². The van der Waals surface area contributed by atoms with Crippen LogP contribution in [0.15, 0.2) is 49.1 Å². The van der Waals surface area contributed by atoms with Crippen LogP contribution in [0.2, 0.25) is 5.15 Å². The quantitative estimate of drug-likeness (QED) is 0.441. The van der Waals surface area contributed by atoms with Crippen LogP contribution in [-0.4, -0.2) is 63.2 Å². The van der Waals surface area contributed by atoms with Gasteiger partial charge in [0, 0.05) is 38.6 Å². The van der Waals surface area contributed by atoms with E-state index < -0.39 is 0 Å². The second-order valence-electron chi connectivity index (χ2n) is 7.32. The molecular weight excluding hydrogens is 446 g/mol. The molecule has 2 aromatic heterocycles. The molecule has 0 aliphatic carbocycles. The Kier molecular flexibility index (Phi) is 8.59. The summed E-state index contributed by atoms with van der Waals surface area (Å²) in [4.78, 5) is 34.1. The molecule has 0 unspecified atom stereocenters. The normalized spacial score (nSPS) is 10.5. The fourth-order valence-electron chi connectivity index (χ4n) is 2.79. The van der Waals surface area contributed by atoms with Gasteiger partial charge in [-0.2, -0.15) is 5.10 Å². The van der Waals surface area contributed by atoms with Gasteiger partial charge in [-0.1, -0.05) is 29.3 Å². The lowest BCUT2D eigenvalue weighted by Gasteiger charge is -2.17. The van der Waals surface area contributed by atoms with Gasteiger partial charge < -0.3 is 20.3 Å². The van der Waals surface area contributed by atoms with Crippen LogP contribution < -0.4 is 15.4 Å². The number of anilines is 2. The number of hydrogen-bond acceptors (Lipinski definition) is 7. The number of ether oxygens (including phenoxy) is 1. The summed E-state index contributed by atoms with van der Waals surface area (Å²) >= 11 is 5.91. The predicted molar refractivity (Wildman–Crippen MR) is 125 cm³/mol. The lowest BCUT2D eigenvalue weighted by molar-refractivity contribution is -0.131. The van der Waals surface area contributed by atoms with E-state index in [9.17, 15) is 9.59 Å². The third-order valence-electron chi connectivity index (χ3n) is 4.65. The van der Waals surface area contributed by atoms with Crippen LogP contribution >= 0.6 is 11.6 Å². The smallest absolute Gasteiger partial charge is 0.244 e. The molecule has 1 aromatic carbocycles. The number of rotatable bonds is 11. The minimum absolute atomic E-state index is 0.0592. The highest BCUT2D eigenvalue weighted by Crippen LogP contribution is 2.14. The Bertz CT molecular complexity index is 1070. The summed E-state index contributed by atoms with van der Waals surface area (Å²) in [5.74, 6) is 0.864. The largest absolute Gasteiger partial charge is 0.492 e. The fraction of sp³-hybridized carbons (Fsp3) is 0.318. The van der Waals surface area contributed by atoms with Gasteiger partial charge >= 0.3 is 0 Å². The minimum atomic E-state index is -0.209. The van der Waals surface area contributed by atoms with Crippen LogP contribution in [0.4, 0.5) is 11.5 Å². The van der Waals surface area contributed by atoms with E-state index in [1.807, 2.05) is 31.2 Å². The number of amides is 2. The number of likely N-dealkylation sites (N-methyl/N-ethyl adjacent to an activating group) is 1. The molecule has 3 aromatic rings. The van der Waals surface area contributed by atoms with E-state index in [2.05, 4.69) is 25.7 Å². The van der Waals surface area contributed by atoms with Crippen molar-refractivity contribution in [3.05, 3.63) is 59.8 Å². The van der Waals surface area contributed by atoms with Gasteiger partial charge in [0.25, 0.3) is 0 Å². The monoisotopic (exact) mass is 471 g/mol. The average molecular weight is 472 g/mol. The first-order chi connectivity index (χ1) is 15.9. The summed E-state index contributed by atoms with van der Waals surface area (Å²) in [5.41, 5.74) is 1.67. The lowest BCUT2D eigenvalue weighted by atomic mass is 10.2. The highest BCUT2D eigenvalue weighted by atomic mass is 35.5. The predicted octanol–water partition coefficient (Wildman–Crippen LogP) is 2.61. The molecule has 10 nitrogen and oxygen atoms in total. The van der Waals surface area contributed by atoms with Crippen LogP contribution in [0.25, 0.3) is 0 Å². The molecule has 0 radical (unpaired) electrons. The van der Waals surface area contributed by atoms with E-state index in [0.717, 1.165) is 11.3 Å². The van der Waals surface area contributed by atoms with Gasteiger partial charge in [0.05, 0.1) is 18.4 Å². The van der Waals surface area contributed by atoms with Crippen molar-refractivity contribution in [2.45, 2.75) is 19.9 Å². The Hall–Kier alpha value is -3.66. The van der Waals surface area contributed by atoms with Crippen LogP contribution in [0.1, 0.15) is 12.0 Å². The Balaban J connectivity index is 1.37. The van der Waals surface area contributed by atoms with E-state index in [0.29, 0.717) is 31.2 Å². The molecule has 0 saturated heterocycles. The number of nitrogens with one attached hydrogen (secondary N) is 2. The first-order valence-electron chi connectivity index (χ1n) is 10.4. The second kappa shape index (κ2) is 11.8. The Morgan fingerprint density at radius 2 is 1.94 bits per heavy atom. The molecule has 0 fully saturated rings. The molecular formula is C22H26ClN7O3. The van der Waals surface area contributed by atoms with Gasteiger partial charge in [0.1, 0.15) is 18.9 Å². The summed E-state index contributed by atoms with van der Waals surface area (Å²) in [7, 11) is 1.71. The van der Waals surface area contributed by atoms with Crippen molar-refractivity contribution in [1.29, 1.82) is 0 Å². The van der Waals surface area contributed by atoms with E-state index in [1.165, 1.54) is 23.3 Å². The van der Waals surface area contributed by atoms with E-state index in [4.69, 9.17) is 16.3 Å². The van der Waals surface area contributed by atoms with Gasteiger partial charge in [0.15, 0.2) is 11.0 Å². The standard InChI is InChI=1S/C22H26ClN7O3/c1-16-3-5-18(6-4-16)33-12-11-29(2)20(32)15-30-14-17(13-27-30)28-19(31)7-8-25-22-21(23)24-9-10-26-22/h3-6,9-10,13-14H,7-8,11-12,15H2,1-2H3,(H,25,26)(H,28,31). The molecule has 0 saturated carbocycles. The van der Waals surface area contributed by atoms with Crippen molar-refractivity contribution in [2.24, 2.45) is 0 Å². The zero-order chi connectivity index (χ0) is 23.6. The number of halogens is 1. The summed E-state index contributed by atoms with van der Waals surface area (Å²) in [6.07, 6.45) is 6.30. The molecule has 174 valence electrons. The molecule has 0 aliphatic heterocycles. The SMILES string of the molecule is Cc1ccc(OCCN(C)C(=O)Cn2cc(NC(=O)CCNc3nccnc3Cl)cn2)cc1. The number of aryl methyl sites for hydroxylation is 1. The third kappa shape index (κ3) is 7.76. The summed E-state index contributed by atoms with van der Waals surface area (Å²) < 4.78 is 7.14. The highest BCUT2D eigenvalue weighted by Gasteiger charge is 2.12. The second-order valence-corrected chi connectivity index (χ2v) is 7.68. The molecule has 0 atom stereocenters. The summed E-state index contributed by atoms with van der Waals surface area (Å²) in [6.45, 7) is 3.24. The van der Waals surface area contributed by atoms with Gasteiger partial charge in [-0.15, -0.1) is 0 Å². The van der Waals surface area contributed by atoms with Gasteiger partial charge in [0.2, 0.25) is 11.8 Å². The Morgan fingerprint density at radius 3 is 2.70 bits per heavy atom. The molecule has 33 heavy (non-hydrogen) atoms. The van der Waals surface area contributed by atoms with E-state index >= 15 is 0 Å². The molecule has 2 heterocycles. The first kappa shape index (κ1) is 24.0. The van der Waals surface area contributed by atoms with Crippen LogP contribution in [0.3, 0.4) is 0 Å². The lowest BCUT2D eigenvalue weighted by Crippen LogP contribution is -2.33. The summed E-state index contributed by atoms with van der Waals surface area (Å²) in [6, 6.07) is 7.75. The van der Waals surface area contributed by atoms with E-state index in [-0.39, 0.29) is 29.9 Å². The number of carbonyl (C=O) groups is 2. The maximum Gasteiger partial charge on any atom is 0.244 e. The molecule has 0 bridgehead atoms. The number of benzene rings is 1. The number of hydrogen-bond donors (Lipinski definition) is 2. The number of carbonyl (C=O) groups excluding carboxylic acids is 2. The maximum absolute atomic E-state index is 12.4. The fourth-order valence-corrected chi connectivity index (χ4v) is 2.96. The molecule has 2 amide bonds. The summed E-state index contributed by atoms with van der Waals surface area (Å²) in [5, 5.41) is 10.1. The van der Waals surface area contributed by atoms with Crippen molar-refractivity contribution in [3.8, 4) is 5.75 Å². The number of nitrogens with zero attached hydrogens (tertiary/aromatic N) is 5. The van der Waals surface area contributed by atoms with Crippen LogP contribution in [0, 0.1) is 6.92 Å². The molecule has 3 rings (SSSR count). The Morgan fingerprint density at radius 1 is 1.18 bits per heavy atom. The zero-order valence-corrected chi connectivity index (χ0v) is 19.2. The molecule has 0 spiro atoms. The molecule has 11 heteroatoms. The van der Waals surface area contributed by atoms with Crippen molar-refractivity contribution < 1.29 is 14.3 Å².